The van der Waals surface area contributed by atoms with Gasteiger partial charge in [0.2, 0.25) is 0 Å². The van der Waals surface area contributed by atoms with Crippen molar-refractivity contribution in [1.29, 1.82) is 0 Å². The molecule has 1 aliphatic heterocycles. The maximum Gasteiger partial charge on any atom is 0.0587 e. The first-order valence-electron chi connectivity index (χ1n) is 7.11. The third kappa shape index (κ3) is 4.23. The first-order chi connectivity index (χ1) is 8.17. The zero-order valence-corrected chi connectivity index (χ0v) is 12.1. The van der Waals surface area contributed by atoms with Gasteiger partial charge in [-0.1, -0.05) is 13.8 Å². The molecule has 1 heterocycles. The van der Waals surface area contributed by atoms with Crippen LogP contribution in [0.25, 0.3) is 0 Å². The van der Waals surface area contributed by atoms with Crippen LogP contribution in [0, 0.1) is 5.41 Å². The molecule has 0 aliphatic carbocycles. The Kier molecular flexibility index (Phi) is 6.45. The molecular formula is C14H30N2O. The van der Waals surface area contributed by atoms with Gasteiger partial charge in [-0.15, -0.1) is 0 Å². The van der Waals surface area contributed by atoms with Crippen LogP contribution in [-0.2, 0) is 4.74 Å². The first-order valence-corrected chi connectivity index (χ1v) is 7.11. The Morgan fingerprint density at radius 3 is 2.59 bits per heavy atom. The van der Waals surface area contributed by atoms with E-state index >= 15 is 0 Å². The third-order valence-electron chi connectivity index (χ3n) is 4.51. The van der Waals surface area contributed by atoms with Crippen LogP contribution >= 0.6 is 0 Å². The molecule has 1 N–H and O–H groups in total. The molecule has 0 amide bonds. The van der Waals surface area contributed by atoms with E-state index in [0.29, 0.717) is 11.5 Å². The van der Waals surface area contributed by atoms with Gasteiger partial charge in [0, 0.05) is 32.8 Å². The quantitative estimate of drug-likeness (QED) is 0.660. The molecule has 0 radical (unpaired) electrons. The summed E-state index contributed by atoms with van der Waals surface area (Å²) in [4.78, 5) is 2.65. The predicted molar refractivity (Wildman–Crippen MR) is 73.4 cm³/mol. The maximum atomic E-state index is 5.04. The number of hydrogen-bond donors (Lipinski definition) is 1. The average molecular weight is 242 g/mol. The summed E-state index contributed by atoms with van der Waals surface area (Å²) < 4.78 is 5.04. The highest BCUT2D eigenvalue weighted by Crippen LogP contribution is 2.37. The molecule has 0 saturated carbocycles. The van der Waals surface area contributed by atoms with Gasteiger partial charge in [0.1, 0.15) is 0 Å². The van der Waals surface area contributed by atoms with E-state index in [2.05, 4.69) is 31.0 Å². The van der Waals surface area contributed by atoms with E-state index in [4.69, 9.17) is 4.74 Å². The van der Waals surface area contributed by atoms with Crippen molar-refractivity contribution >= 4 is 0 Å². The second kappa shape index (κ2) is 7.34. The van der Waals surface area contributed by atoms with Crippen molar-refractivity contribution < 1.29 is 4.74 Å². The fourth-order valence-corrected chi connectivity index (χ4v) is 2.79. The second-order valence-corrected chi connectivity index (χ2v) is 5.47. The normalized spacial score (nSPS) is 21.9. The van der Waals surface area contributed by atoms with E-state index in [1.807, 2.05) is 0 Å². The van der Waals surface area contributed by atoms with Gasteiger partial charge < -0.3 is 10.1 Å². The van der Waals surface area contributed by atoms with E-state index < -0.39 is 0 Å². The molecule has 3 nitrogen and oxygen atoms in total. The van der Waals surface area contributed by atoms with Crippen molar-refractivity contribution in [3.05, 3.63) is 0 Å². The first kappa shape index (κ1) is 14.9. The summed E-state index contributed by atoms with van der Waals surface area (Å²) in [6.45, 7) is 12.4. The topological polar surface area (TPSA) is 24.5 Å². The highest BCUT2D eigenvalue weighted by atomic mass is 16.5. The standard InChI is InChI=1S/C14H30N2O/c1-5-14(6-2)7-9-16(12-14)13(3)11-15-8-10-17-4/h13,15H,5-12H2,1-4H3. The lowest BCUT2D eigenvalue weighted by Crippen LogP contribution is -2.41. The monoisotopic (exact) mass is 242 g/mol. The van der Waals surface area contributed by atoms with Crippen molar-refractivity contribution in [1.82, 2.24) is 10.2 Å². The van der Waals surface area contributed by atoms with E-state index in [0.717, 1.165) is 19.7 Å². The Hall–Kier alpha value is -0.120. The van der Waals surface area contributed by atoms with Gasteiger partial charge in [-0.3, -0.25) is 4.90 Å². The molecule has 1 fully saturated rings. The second-order valence-electron chi connectivity index (χ2n) is 5.47. The number of methoxy groups -OCH3 is 1. The summed E-state index contributed by atoms with van der Waals surface area (Å²) in [5.41, 5.74) is 0.598. The summed E-state index contributed by atoms with van der Waals surface area (Å²) in [6, 6.07) is 0.645. The molecule has 0 aromatic carbocycles. The molecular weight excluding hydrogens is 212 g/mol. The van der Waals surface area contributed by atoms with Gasteiger partial charge in [-0.25, -0.2) is 0 Å². The van der Waals surface area contributed by atoms with Crippen LogP contribution in [0.3, 0.4) is 0 Å². The number of rotatable bonds is 8. The number of likely N-dealkylation sites (tertiary alicyclic amines) is 1. The highest BCUT2D eigenvalue weighted by molar-refractivity contribution is 4.90. The summed E-state index contributed by atoms with van der Waals surface area (Å²) in [6.07, 6.45) is 4.02. The van der Waals surface area contributed by atoms with E-state index in [-0.39, 0.29) is 0 Å². The molecule has 0 spiro atoms. The predicted octanol–water partition coefficient (Wildman–Crippen LogP) is 2.12. The van der Waals surface area contributed by atoms with Gasteiger partial charge in [0.25, 0.3) is 0 Å². The lowest BCUT2D eigenvalue weighted by molar-refractivity contribution is 0.182. The summed E-state index contributed by atoms with van der Waals surface area (Å²) in [7, 11) is 1.75. The number of ether oxygens (including phenoxy) is 1. The van der Waals surface area contributed by atoms with Crippen LogP contribution in [0.15, 0.2) is 0 Å². The Bertz CT molecular complexity index is 204. The van der Waals surface area contributed by atoms with E-state index in [9.17, 15) is 0 Å². The molecule has 1 saturated heterocycles. The van der Waals surface area contributed by atoms with Gasteiger partial charge in [0.15, 0.2) is 0 Å². The zero-order chi connectivity index (χ0) is 12.7. The van der Waals surface area contributed by atoms with Crippen LogP contribution in [-0.4, -0.2) is 50.8 Å². The minimum absolute atomic E-state index is 0.598. The molecule has 1 unspecified atom stereocenters. The minimum atomic E-state index is 0.598. The Labute approximate surface area is 107 Å². The van der Waals surface area contributed by atoms with Gasteiger partial charge >= 0.3 is 0 Å². The highest BCUT2D eigenvalue weighted by Gasteiger charge is 2.36. The van der Waals surface area contributed by atoms with Gasteiger partial charge in [-0.05, 0) is 38.1 Å². The number of nitrogens with one attached hydrogen (secondary N) is 1. The van der Waals surface area contributed by atoms with Crippen molar-refractivity contribution in [3.63, 3.8) is 0 Å². The maximum absolute atomic E-state index is 5.04. The van der Waals surface area contributed by atoms with Crippen LogP contribution in [0.5, 0.6) is 0 Å². The average Bonchev–Trinajstić information content (AvgIpc) is 2.79. The van der Waals surface area contributed by atoms with Crippen LogP contribution < -0.4 is 5.32 Å². The lowest BCUT2D eigenvalue weighted by atomic mass is 9.82. The molecule has 0 bridgehead atoms. The molecule has 1 rings (SSSR count). The lowest BCUT2D eigenvalue weighted by Gasteiger charge is -2.29. The molecule has 17 heavy (non-hydrogen) atoms. The molecule has 0 aromatic heterocycles. The Morgan fingerprint density at radius 1 is 1.35 bits per heavy atom. The van der Waals surface area contributed by atoms with Crippen LogP contribution in [0.1, 0.15) is 40.0 Å². The fourth-order valence-electron chi connectivity index (χ4n) is 2.79. The SMILES string of the molecule is CCC1(CC)CCN(C(C)CNCCOC)C1. The molecule has 102 valence electrons. The van der Waals surface area contributed by atoms with E-state index in [1.165, 1.54) is 32.4 Å². The van der Waals surface area contributed by atoms with Crippen LogP contribution in [0.2, 0.25) is 0 Å². The minimum Gasteiger partial charge on any atom is -0.383 e. The smallest absolute Gasteiger partial charge is 0.0587 e. The fraction of sp³-hybridized carbons (Fsp3) is 1.00. The third-order valence-corrected chi connectivity index (χ3v) is 4.51. The largest absolute Gasteiger partial charge is 0.383 e. The molecule has 0 aromatic rings. The van der Waals surface area contributed by atoms with Crippen molar-refractivity contribution in [2.45, 2.75) is 46.1 Å². The molecule has 1 aliphatic rings. The molecule has 1 atom stereocenters. The van der Waals surface area contributed by atoms with Crippen LogP contribution in [0.4, 0.5) is 0 Å². The Balaban J connectivity index is 2.27. The van der Waals surface area contributed by atoms with Gasteiger partial charge in [-0.2, -0.15) is 0 Å². The van der Waals surface area contributed by atoms with Crippen molar-refractivity contribution in [2.24, 2.45) is 5.41 Å². The number of hydrogen-bond acceptors (Lipinski definition) is 3. The summed E-state index contributed by atoms with van der Waals surface area (Å²) in [5.74, 6) is 0. The van der Waals surface area contributed by atoms with E-state index in [1.54, 1.807) is 7.11 Å². The van der Waals surface area contributed by atoms with Gasteiger partial charge in [0.05, 0.1) is 6.61 Å². The zero-order valence-electron chi connectivity index (χ0n) is 12.1. The number of nitrogens with zero attached hydrogens (tertiary/aromatic N) is 1. The summed E-state index contributed by atoms with van der Waals surface area (Å²) in [5, 5.41) is 3.46. The summed E-state index contributed by atoms with van der Waals surface area (Å²) >= 11 is 0. The molecule has 3 heteroatoms. The Morgan fingerprint density at radius 2 is 2.06 bits per heavy atom. The van der Waals surface area contributed by atoms with Crippen molar-refractivity contribution in [3.8, 4) is 0 Å². The van der Waals surface area contributed by atoms with Crippen molar-refractivity contribution in [2.75, 3.05) is 39.9 Å².